The molecule has 5 heteroatoms. The highest BCUT2D eigenvalue weighted by atomic mass is 35.5. The van der Waals surface area contributed by atoms with Gasteiger partial charge in [-0.3, -0.25) is 4.79 Å². The third-order valence-corrected chi connectivity index (χ3v) is 2.78. The number of benzene rings is 1. The van der Waals surface area contributed by atoms with Gasteiger partial charge in [0.25, 0.3) is 0 Å². The third-order valence-electron chi connectivity index (χ3n) is 2.15. The number of carbonyl (C=O) groups is 1. The predicted molar refractivity (Wildman–Crippen MR) is 66.1 cm³/mol. The fraction of sp³-hybridized carbons (Fsp3) is 0.364. The Bertz CT molecular complexity index is 362. The first kappa shape index (κ1) is 13.1. The summed E-state index contributed by atoms with van der Waals surface area (Å²) < 4.78 is 4.62. The average molecular weight is 262 g/mol. The molecule has 3 nitrogen and oxygen atoms in total. The molecule has 1 aromatic carbocycles. The highest BCUT2D eigenvalue weighted by Gasteiger charge is 2.14. The van der Waals surface area contributed by atoms with Gasteiger partial charge in [0.15, 0.2) is 0 Å². The summed E-state index contributed by atoms with van der Waals surface area (Å²) in [6.07, 6.45) is 0. The number of esters is 1. The number of anilines is 1. The van der Waals surface area contributed by atoms with E-state index in [0.29, 0.717) is 22.3 Å². The third kappa shape index (κ3) is 3.29. The SMILES string of the molecule is COC(=O)C(C)CNc1c(Cl)cccc1Cl. The van der Waals surface area contributed by atoms with Gasteiger partial charge in [0, 0.05) is 6.54 Å². The summed E-state index contributed by atoms with van der Waals surface area (Å²) in [7, 11) is 1.36. The first-order chi connectivity index (χ1) is 7.56. The number of methoxy groups -OCH3 is 1. The van der Waals surface area contributed by atoms with Crippen molar-refractivity contribution in [2.45, 2.75) is 6.92 Å². The molecule has 0 aliphatic carbocycles. The summed E-state index contributed by atoms with van der Waals surface area (Å²) >= 11 is 11.9. The molecule has 0 radical (unpaired) electrons. The number of hydrogen-bond donors (Lipinski definition) is 1. The first-order valence-corrected chi connectivity index (χ1v) is 5.57. The summed E-state index contributed by atoms with van der Waals surface area (Å²) in [5, 5.41) is 4.10. The lowest BCUT2D eigenvalue weighted by Crippen LogP contribution is -2.21. The molecular weight excluding hydrogens is 249 g/mol. The van der Waals surface area contributed by atoms with Crippen LogP contribution in [0, 0.1) is 5.92 Å². The molecule has 0 saturated heterocycles. The van der Waals surface area contributed by atoms with E-state index in [1.165, 1.54) is 7.11 Å². The van der Waals surface area contributed by atoms with Gasteiger partial charge < -0.3 is 10.1 Å². The van der Waals surface area contributed by atoms with E-state index in [1.54, 1.807) is 25.1 Å². The van der Waals surface area contributed by atoms with Gasteiger partial charge in [-0.15, -0.1) is 0 Å². The zero-order chi connectivity index (χ0) is 12.1. The van der Waals surface area contributed by atoms with Crippen LogP contribution in [-0.2, 0) is 9.53 Å². The van der Waals surface area contributed by atoms with Gasteiger partial charge >= 0.3 is 5.97 Å². The van der Waals surface area contributed by atoms with Crippen molar-refractivity contribution < 1.29 is 9.53 Å². The van der Waals surface area contributed by atoms with E-state index in [2.05, 4.69) is 10.1 Å². The molecule has 0 bridgehead atoms. The second-order valence-corrected chi connectivity index (χ2v) is 4.22. The minimum Gasteiger partial charge on any atom is -0.469 e. The molecule has 0 amide bonds. The lowest BCUT2D eigenvalue weighted by atomic mass is 10.2. The summed E-state index contributed by atoms with van der Waals surface area (Å²) in [6, 6.07) is 5.23. The minimum atomic E-state index is -0.268. The summed E-state index contributed by atoms with van der Waals surface area (Å²) in [4.78, 5) is 11.2. The second kappa shape index (κ2) is 5.97. The van der Waals surface area contributed by atoms with E-state index in [0.717, 1.165) is 0 Å². The molecule has 1 aromatic rings. The summed E-state index contributed by atoms with van der Waals surface area (Å²) in [6.45, 7) is 2.19. The fourth-order valence-corrected chi connectivity index (χ4v) is 1.74. The fourth-order valence-electron chi connectivity index (χ4n) is 1.21. The maximum absolute atomic E-state index is 11.2. The van der Waals surface area contributed by atoms with Crippen LogP contribution in [0.4, 0.5) is 5.69 Å². The van der Waals surface area contributed by atoms with Crippen molar-refractivity contribution in [2.75, 3.05) is 19.0 Å². The van der Waals surface area contributed by atoms with Gasteiger partial charge in [0.1, 0.15) is 0 Å². The van der Waals surface area contributed by atoms with E-state index in [9.17, 15) is 4.79 Å². The van der Waals surface area contributed by atoms with Gasteiger partial charge in [-0.2, -0.15) is 0 Å². The highest BCUT2D eigenvalue weighted by molar-refractivity contribution is 6.39. The monoisotopic (exact) mass is 261 g/mol. The van der Waals surface area contributed by atoms with Crippen molar-refractivity contribution >= 4 is 34.9 Å². The van der Waals surface area contributed by atoms with Crippen molar-refractivity contribution in [1.29, 1.82) is 0 Å². The second-order valence-electron chi connectivity index (χ2n) is 3.40. The van der Waals surface area contributed by atoms with Crippen LogP contribution in [0.15, 0.2) is 18.2 Å². The zero-order valence-corrected chi connectivity index (χ0v) is 10.6. The summed E-state index contributed by atoms with van der Waals surface area (Å²) in [5.74, 6) is -0.520. The maximum atomic E-state index is 11.2. The molecule has 0 saturated carbocycles. The van der Waals surface area contributed by atoms with Crippen LogP contribution < -0.4 is 5.32 Å². The number of nitrogens with one attached hydrogen (secondary N) is 1. The van der Waals surface area contributed by atoms with E-state index in [1.807, 2.05) is 0 Å². The molecule has 0 fully saturated rings. The molecule has 0 heterocycles. The lowest BCUT2D eigenvalue weighted by Gasteiger charge is -2.13. The van der Waals surface area contributed by atoms with E-state index in [4.69, 9.17) is 23.2 Å². The Kier molecular flexibility index (Phi) is 4.90. The van der Waals surface area contributed by atoms with E-state index >= 15 is 0 Å². The molecule has 1 unspecified atom stereocenters. The topological polar surface area (TPSA) is 38.3 Å². The van der Waals surface area contributed by atoms with Gasteiger partial charge in [0.2, 0.25) is 0 Å². The molecule has 1 N–H and O–H groups in total. The predicted octanol–water partition coefficient (Wildman–Crippen LogP) is 3.21. The van der Waals surface area contributed by atoms with Crippen LogP contribution in [0.3, 0.4) is 0 Å². The minimum absolute atomic E-state index is 0.252. The molecule has 0 aliphatic rings. The Morgan fingerprint density at radius 1 is 1.44 bits per heavy atom. The Morgan fingerprint density at radius 2 is 2.00 bits per heavy atom. The van der Waals surface area contributed by atoms with Crippen molar-refractivity contribution in [2.24, 2.45) is 5.92 Å². The molecule has 88 valence electrons. The number of halogens is 2. The van der Waals surface area contributed by atoms with Crippen LogP contribution >= 0.6 is 23.2 Å². The molecule has 0 spiro atoms. The molecule has 1 rings (SSSR count). The zero-order valence-electron chi connectivity index (χ0n) is 9.09. The van der Waals surface area contributed by atoms with Crippen LogP contribution in [0.1, 0.15) is 6.92 Å². The first-order valence-electron chi connectivity index (χ1n) is 4.82. The van der Waals surface area contributed by atoms with Gasteiger partial charge in [-0.05, 0) is 12.1 Å². The van der Waals surface area contributed by atoms with Gasteiger partial charge in [0.05, 0.1) is 28.8 Å². The number of para-hydroxylation sites is 1. The number of carbonyl (C=O) groups excluding carboxylic acids is 1. The quantitative estimate of drug-likeness (QED) is 0.846. The molecular formula is C11H13Cl2NO2. The Hall–Kier alpha value is -0.930. The van der Waals surface area contributed by atoms with Crippen LogP contribution in [0.25, 0.3) is 0 Å². The van der Waals surface area contributed by atoms with Gasteiger partial charge in [-0.1, -0.05) is 36.2 Å². The van der Waals surface area contributed by atoms with Crippen LogP contribution in [0.2, 0.25) is 10.0 Å². The molecule has 1 atom stereocenters. The molecule has 0 aliphatic heterocycles. The number of ether oxygens (including phenoxy) is 1. The Labute approximate surface area is 105 Å². The van der Waals surface area contributed by atoms with Crippen molar-refractivity contribution in [3.8, 4) is 0 Å². The summed E-state index contributed by atoms with van der Waals surface area (Å²) in [5.41, 5.74) is 0.640. The normalized spacial score (nSPS) is 12.0. The largest absolute Gasteiger partial charge is 0.469 e. The van der Waals surface area contributed by atoms with E-state index in [-0.39, 0.29) is 11.9 Å². The lowest BCUT2D eigenvalue weighted by molar-refractivity contribution is -0.144. The van der Waals surface area contributed by atoms with Crippen LogP contribution in [0.5, 0.6) is 0 Å². The Balaban J connectivity index is 2.64. The number of hydrogen-bond acceptors (Lipinski definition) is 3. The van der Waals surface area contributed by atoms with Crippen molar-refractivity contribution in [1.82, 2.24) is 0 Å². The standard InChI is InChI=1S/C11H13Cl2NO2/c1-7(11(15)16-2)6-14-10-8(12)4-3-5-9(10)13/h3-5,7,14H,6H2,1-2H3. The van der Waals surface area contributed by atoms with Crippen LogP contribution in [-0.4, -0.2) is 19.6 Å². The number of rotatable bonds is 4. The van der Waals surface area contributed by atoms with Gasteiger partial charge in [-0.25, -0.2) is 0 Å². The average Bonchev–Trinajstić information content (AvgIpc) is 2.27. The molecule has 16 heavy (non-hydrogen) atoms. The Morgan fingerprint density at radius 3 is 2.50 bits per heavy atom. The maximum Gasteiger partial charge on any atom is 0.310 e. The van der Waals surface area contributed by atoms with Crippen molar-refractivity contribution in [3.05, 3.63) is 28.2 Å². The highest BCUT2D eigenvalue weighted by Crippen LogP contribution is 2.29. The van der Waals surface area contributed by atoms with E-state index < -0.39 is 0 Å². The van der Waals surface area contributed by atoms with Crippen molar-refractivity contribution in [3.63, 3.8) is 0 Å². The smallest absolute Gasteiger partial charge is 0.310 e. The molecule has 0 aromatic heterocycles.